The van der Waals surface area contributed by atoms with E-state index in [1.807, 2.05) is 23.4 Å². The maximum Gasteiger partial charge on any atom is 0.251 e. The van der Waals surface area contributed by atoms with E-state index in [-0.39, 0.29) is 18.1 Å². The minimum atomic E-state index is -0.323. The molecule has 5 heteroatoms. The molecule has 2 atom stereocenters. The number of carbonyl (C=O) groups excluding carboxylic acids is 1. The summed E-state index contributed by atoms with van der Waals surface area (Å²) in [5.41, 5.74) is 2.20. The number of aromatic nitrogens is 2. The Labute approximate surface area is 139 Å². The molecule has 1 saturated carbocycles. The van der Waals surface area contributed by atoms with Gasteiger partial charge in [0.2, 0.25) is 0 Å². The highest BCUT2D eigenvalue weighted by Gasteiger charge is 2.32. The number of carbonyl (C=O) groups is 1. The van der Waals surface area contributed by atoms with Crippen LogP contribution in [0.15, 0.2) is 6.07 Å². The lowest BCUT2D eigenvalue weighted by molar-refractivity contribution is -0.147. The molecule has 1 amide bonds. The summed E-state index contributed by atoms with van der Waals surface area (Å²) in [5.74, 6) is 0.842. The Kier molecular flexibility index (Phi) is 5.05. The van der Waals surface area contributed by atoms with Crippen LogP contribution in [0.5, 0.6) is 0 Å². The molecule has 0 bridgehead atoms. The van der Waals surface area contributed by atoms with E-state index >= 15 is 0 Å². The molecule has 2 fully saturated rings. The average molecular weight is 319 g/mol. The Hall–Kier alpha value is -1.36. The Morgan fingerprint density at radius 1 is 1.35 bits per heavy atom. The van der Waals surface area contributed by atoms with Crippen molar-refractivity contribution in [2.45, 2.75) is 71.6 Å². The summed E-state index contributed by atoms with van der Waals surface area (Å²) in [5, 5.41) is 4.56. The number of piperidine rings is 1. The Bertz CT molecular complexity index is 550. The lowest BCUT2D eigenvalue weighted by Gasteiger charge is -2.37. The zero-order chi connectivity index (χ0) is 16.4. The van der Waals surface area contributed by atoms with E-state index in [2.05, 4.69) is 18.1 Å². The second-order valence-electron chi connectivity index (χ2n) is 7.21. The highest BCUT2D eigenvalue weighted by Crippen LogP contribution is 2.29. The minimum Gasteiger partial charge on any atom is -0.368 e. The first-order valence-corrected chi connectivity index (χ1v) is 8.97. The van der Waals surface area contributed by atoms with Crippen molar-refractivity contribution >= 4 is 5.91 Å². The van der Waals surface area contributed by atoms with E-state index in [0.29, 0.717) is 5.92 Å². The first kappa shape index (κ1) is 16.5. The van der Waals surface area contributed by atoms with Crippen LogP contribution in [0.25, 0.3) is 0 Å². The topological polar surface area (TPSA) is 47.4 Å². The van der Waals surface area contributed by atoms with Crippen molar-refractivity contribution in [3.63, 3.8) is 0 Å². The molecule has 3 rings (SSSR count). The maximum absolute atomic E-state index is 12.8. The van der Waals surface area contributed by atoms with Gasteiger partial charge >= 0.3 is 0 Å². The Morgan fingerprint density at radius 3 is 2.78 bits per heavy atom. The predicted molar refractivity (Wildman–Crippen MR) is 89.2 cm³/mol. The fraction of sp³-hybridized carbons (Fsp3) is 0.778. The van der Waals surface area contributed by atoms with Crippen LogP contribution in [0.1, 0.15) is 50.4 Å². The highest BCUT2D eigenvalue weighted by molar-refractivity contribution is 5.81. The van der Waals surface area contributed by atoms with Gasteiger partial charge in [-0.1, -0.05) is 0 Å². The van der Waals surface area contributed by atoms with Gasteiger partial charge in [0, 0.05) is 12.2 Å². The lowest BCUT2D eigenvalue weighted by atomic mass is 10.0. The molecule has 0 aromatic carbocycles. The zero-order valence-electron chi connectivity index (χ0n) is 14.6. The summed E-state index contributed by atoms with van der Waals surface area (Å²) in [4.78, 5) is 14.8. The third-order valence-electron chi connectivity index (χ3n) is 5.02. The van der Waals surface area contributed by atoms with E-state index < -0.39 is 0 Å². The Morgan fingerprint density at radius 2 is 2.13 bits per heavy atom. The molecular weight excluding hydrogens is 290 g/mol. The van der Waals surface area contributed by atoms with Gasteiger partial charge in [-0.2, -0.15) is 5.10 Å². The molecular formula is C18H29N3O2. The van der Waals surface area contributed by atoms with Crippen molar-refractivity contribution in [3.8, 4) is 0 Å². The van der Waals surface area contributed by atoms with Gasteiger partial charge in [-0.25, -0.2) is 0 Å². The monoisotopic (exact) mass is 319 g/mol. The molecule has 128 valence electrons. The van der Waals surface area contributed by atoms with E-state index in [1.54, 1.807) is 0 Å². The van der Waals surface area contributed by atoms with Crippen LogP contribution in [0, 0.1) is 19.8 Å². The first-order valence-electron chi connectivity index (χ1n) is 8.97. The van der Waals surface area contributed by atoms with Crippen molar-refractivity contribution in [2.75, 3.05) is 13.2 Å². The molecule has 5 nitrogen and oxygen atoms in total. The number of likely N-dealkylation sites (tertiary alicyclic amines) is 1. The van der Waals surface area contributed by atoms with Gasteiger partial charge < -0.3 is 9.64 Å². The molecule has 0 spiro atoms. The SMILES string of the molecule is Cc1cc(C)n(C[C@@H]2CCCCN2C(=O)[C@H](C)OCC2CC2)n1. The molecule has 0 radical (unpaired) electrons. The largest absolute Gasteiger partial charge is 0.368 e. The highest BCUT2D eigenvalue weighted by atomic mass is 16.5. The van der Waals surface area contributed by atoms with Crippen LogP contribution in [-0.2, 0) is 16.1 Å². The summed E-state index contributed by atoms with van der Waals surface area (Å²) >= 11 is 0. The molecule has 1 aromatic heterocycles. The quantitative estimate of drug-likeness (QED) is 0.810. The number of ether oxygens (including phenoxy) is 1. The van der Waals surface area contributed by atoms with Crippen LogP contribution in [0.4, 0.5) is 0 Å². The van der Waals surface area contributed by atoms with Crippen molar-refractivity contribution in [1.82, 2.24) is 14.7 Å². The van der Waals surface area contributed by atoms with E-state index in [9.17, 15) is 4.79 Å². The van der Waals surface area contributed by atoms with Gasteiger partial charge in [0.15, 0.2) is 0 Å². The van der Waals surface area contributed by atoms with Crippen LogP contribution in [0.3, 0.4) is 0 Å². The van der Waals surface area contributed by atoms with Crippen molar-refractivity contribution in [2.24, 2.45) is 5.92 Å². The molecule has 23 heavy (non-hydrogen) atoms. The van der Waals surface area contributed by atoms with Gasteiger partial charge in [-0.05, 0) is 64.9 Å². The van der Waals surface area contributed by atoms with Crippen LogP contribution >= 0.6 is 0 Å². The minimum absolute atomic E-state index is 0.150. The number of nitrogens with zero attached hydrogens (tertiary/aromatic N) is 3. The van der Waals surface area contributed by atoms with Crippen molar-refractivity contribution < 1.29 is 9.53 Å². The predicted octanol–water partition coefficient (Wildman–Crippen LogP) is 2.70. The van der Waals surface area contributed by atoms with Crippen molar-refractivity contribution in [3.05, 3.63) is 17.5 Å². The second-order valence-corrected chi connectivity index (χ2v) is 7.21. The molecule has 1 saturated heterocycles. The summed E-state index contributed by atoms with van der Waals surface area (Å²) in [7, 11) is 0. The van der Waals surface area contributed by atoms with Crippen molar-refractivity contribution in [1.29, 1.82) is 0 Å². The van der Waals surface area contributed by atoms with Gasteiger partial charge in [0.25, 0.3) is 5.91 Å². The molecule has 2 heterocycles. The van der Waals surface area contributed by atoms with E-state index in [1.165, 1.54) is 25.0 Å². The Balaban J connectivity index is 1.62. The molecule has 1 aromatic rings. The number of hydrogen-bond donors (Lipinski definition) is 0. The standard InChI is InChI=1S/C18H29N3O2/c1-13-10-14(2)21(19-13)11-17-6-4-5-9-20(17)18(22)15(3)23-12-16-7-8-16/h10,15-17H,4-9,11-12H2,1-3H3/t15-,17-/m0/s1. The number of rotatable bonds is 6. The van der Waals surface area contributed by atoms with E-state index in [4.69, 9.17) is 4.74 Å². The number of hydrogen-bond acceptors (Lipinski definition) is 3. The molecule has 1 aliphatic carbocycles. The molecule has 2 aliphatic rings. The summed E-state index contributed by atoms with van der Waals surface area (Å²) in [6.45, 7) is 8.38. The number of aryl methyl sites for hydroxylation is 2. The summed E-state index contributed by atoms with van der Waals surface area (Å²) in [6.07, 6.45) is 5.52. The third-order valence-corrected chi connectivity index (χ3v) is 5.02. The van der Waals surface area contributed by atoms with Crippen LogP contribution in [-0.4, -0.2) is 45.9 Å². The van der Waals surface area contributed by atoms with Gasteiger partial charge in [-0.15, -0.1) is 0 Å². The zero-order valence-corrected chi connectivity index (χ0v) is 14.6. The van der Waals surface area contributed by atoms with E-state index in [0.717, 1.165) is 38.2 Å². The molecule has 0 unspecified atom stereocenters. The maximum atomic E-state index is 12.8. The smallest absolute Gasteiger partial charge is 0.251 e. The van der Waals surface area contributed by atoms with Gasteiger partial charge in [0.05, 0.1) is 24.9 Å². The molecule has 1 aliphatic heterocycles. The van der Waals surface area contributed by atoms with Crippen LogP contribution in [0.2, 0.25) is 0 Å². The summed E-state index contributed by atoms with van der Waals surface area (Å²) in [6, 6.07) is 2.33. The van der Waals surface area contributed by atoms with Gasteiger partial charge in [0.1, 0.15) is 6.10 Å². The number of amides is 1. The lowest BCUT2D eigenvalue weighted by Crippen LogP contribution is -2.50. The van der Waals surface area contributed by atoms with Crippen LogP contribution < -0.4 is 0 Å². The molecule has 0 N–H and O–H groups in total. The summed E-state index contributed by atoms with van der Waals surface area (Å²) < 4.78 is 7.84. The normalized spacial score (nSPS) is 23.1. The second kappa shape index (κ2) is 7.04. The first-order chi connectivity index (χ1) is 11.0. The average Bonchev–Trinajstić information content (AvgIpc) is 3.30. The fourth-order valence-corrected chi connectivity index (χ4v) is 3.41. The fourth-order valence-electron chi connectivity index (χ4n) is 3.41. The van der Waals surface area contributed by atoms with Gasteiger partial charge in [-0.3, -0.25) is 9.48 Å². The third kappa shape index (κ3) is 4.14.